The quantitative estimate of drug-likeness (QED) is 0.700. The number of esters is 1. The van der Waals surface area contributed by atoms with Crippen LogP contribution in [0.1, 0.15) is 29.9 Å². The molecule has 1 aromatic heterocycles. The molecule has 1 heterocycles. The van der Waals surface area contributed by atoms with Crippen LogP contribution in [0.3, 0.4) is 0 Å². The van der Waals surface area contributed by atoms with E-state index in [1.807, 2.05) is 0 Å². The van der Waals surface area contributed by atoms with Gasteiger partial charge in [-0.3, -0.25) is 4.68 Å². The molecule has 0 aliphatic heterocycles. The van der Waals surface area contributed by atoms with Crippen molar-refractivity contribution >= 4 is 5.97 Å². The summed E-state index contributed by atoms with van der Waals surface area (Å²) in [6.45, 7) is 3.19. The zero-order valence-corrected chi connectivity index (χ0v) is 8.74. The first-order valence-corrected chi connectivity index (χ1v) is 4.21. The van der Waals surface area contributed by atoms with Gasteiger partial charge in [-0.05, 0) is 13.8 Å². The third-order valence-electron chi connectivity index (χ3n) is 1.87. The lowest BCUT2D eigenvalue weighted by Gasteiger charge is -2.15. The van der Waals surface area contributed by atoms with E-state index in [0.717, 1.165) is 0 Å². The van der Waals surface area contributed by atoms with Crippen molar-refractivity contribution < 1.29 is 14.6 Å². The number of aliphatic hydroxyl groups is 1. The van der Waals surface area contributed by atoms with Crippen LogP contribution < -0.4 is 0 Å². The number of methoxy groups -OCH3 is 1. The normalized spacial score (nSPS) is 11.5. The molecule has 14 heavy (non-hydrogen) atoms. The number of hydrogen-bond acceptors (Lipinski definition) is 4. The molecule has 5 heteroatoms. The van der Waals surface area contributed by atoms with Crippen LogP contribution >= 0.6 is 0 Å². The van der Waals surface area contributed by atoms with Gasteiger partial charge < -0.3 is 9.84 Å². The highest BCUT2D eigenvalue weighted by molar-refractivity contribution is 5.89. The third kappa shape index (κ3) is 1.93. The average Bonchev–Trinajstić information content (AvgIpc) is 2.45. The molecule has 0 saturated carbocycles. The maximum absolute atomic E-state index is 11.3. The molecule has 0 aliphatic rings. The second kappa shape index (κ2) is 3.42. The summed E-state index contributed by atoms with van der Waals surface area (Å²) in [4.78, 5) is 11.3. The lowest BCUT2D eigenvalue weighted by molar-refractivity contribution is 0.0548. The molecule has 0 fully saturated rings. The molecule has 1 rings (SSSR count). The van der Waals surface area contributed by atoms with Crippen LogP contribution in [0, 0.1) is 0 Å². The van der Waals surface area contributed by atoms with Crippen molar-refractivity contribution in [2.75, 3.05) is 7.11 Å². The average molecular weight is 198 g/mol. The van der Waals surface area contributed by atoms with Crippen LogP contribution in [0.15, 0.2) is 6.20 Å². The van der Waals surface area contributed by atoms with Crippen molar-refractivity contribution in [3.8, 4) is 0 Å². The van der Waals surface area contributed by atoms with Crippen molar-refractivity contribution in [2.24, 2.45) is 7.05 Å². The van der Waals surface area contributed by atoms with Crippen LogP contribution in [0.5, 0.6) is 0 Å². The van der Waals surface area contributed by atoms with Crippen molar-refractivity contribution in [1.29, 1.82) is 0 Å². The molecule has 0 unspecified atom stereocenters. The summed E-state index contributed by atoms with van der Waals surface area (Å²) >= 11 is 0. The fraction of sp³-hybridized carbons (Fsp3) is 0.556. The van der Waals surface area contributed by atoms with Crippen LogP contribution in [-0.2, 0) is 17.4 Å². The second-order valence-electron chi connectivity index (χ2n) is 3.62. The standard InChI is InChI=1S/C9H14N2O3/c1-9(2,13)6-5-11(3)10-7(6)8(12)14-4/h5,13H,1-4H3. The van der Waals surface area contributed by atoms with E-state index in [1.165, 1.54) is 11.8 Å². The summed E-state index contributed by atoms with van der Waals surface area (Å²) in [7, 11) is 2.97. The maximum atomic E-state index is 11.3. The van der Waals surface area contributed by atoms with E-state index in [0.29, 0.717) is 5.56 Å². The number of aryl methyl sites for hydroxylation is 1. The van der Waals surface area contributed by atoms with E-state index >= 15 is 0 Å². The highest BCUT2D eigenvalue weighted by Gasteiger charge is 2.27. The Bertz CT molecular complexity index is 349. The zero-order valence-electron chi connectivity index (χ0n) is 8.74. The largest absolute Gasteiger partial charge is 0.464 e. The number of hydrogen-bond donors (Lipinski definition) is 1. The van der Waals surface area contributed by atoms with Gasteiger partial charge in [0.1, 0.15) is 0 Å². The summed E-state index contributed by atoms with van der Waals surface area (Å²) in [6, 6.07) is 0. The monoisotopic (exact) mass is 198 g/mol. The number of carbonyl (C=O) groups excluding carboxylic acids is 1. The van der Waals surface area contributed by atoms with Gasteiger partial charge in [0.05, 0.1) is 12.7 Å². The number of aromatic nitrogens is 2. The Morgan fingerprint density at radius 1 is 1.64 bits per heavy atom. The first kappa shape index (κ1) is 10.7. The predicted octanol–water partition coefficient (Wildman–Crippen LogP) is 0.434. The minimum atomic E-state index is -1.10. The van der Waals surface area contributed by atoms with Crippen molar-refractivity contribution in [2.45, 2.75) is 19.4 Å². The lowest BCUT2D eigenvalue weighted by atomic mass is 9.99. The van der Waals surface area contributed by atoms with E-state index in [4.69, 9.17) is 0 Å². The van der Waals surface area contributed by atoms with Crippen molar-refractivity contribution in [3.05, 3.63) is 17.5 Å². The summed E-state index contributed by atoms with van der Waals surface area (Å²) in [5.41, 5.74) is -0.480. The molecule has 0 aromatic carbocycles. The minimum Gasteiger partial charge on any atom is -0.464 e. The van der Waals surface area contributed by atoms with Crippen LogP contribution in [0.25, 0.3) is 0 Å². The van der Waals surface area contributed by atoms with Crippen LogP contribution in [0.4, 0.5) is 0 Å². The number of rotatable bonds is 2. The first-order chi connectivity index (χ1) is 6.36. The Balaban J connectivity index is 3.23. The number of ether oxygens (including phenoxy) is 1. The van der Waals surface area contributed by atoms with Crippen molar-refractivity contribution in [3.63, 3.8) is 0 Å². The molecule has 0 saturated heterocycles. The van der Waals surface area contributed by atoms with E-state index in [-0.39, 0.29) is 5.69 Å². The van der Waals surface area contributed by atoms with Gasteiger partial charge in [-0.15, -0.1) is 0 Å². The zero-order chi connectivity index (χ0) is 10.9. The molecule has 0 spiro atoms. The molecular weight excluding hydrogens is 184 g/mol. The molecule has 78 valence electrons. The topological polar surface area (TPSA) is 64.3 Å². The summed E-state index contributed by atoms with van der Waals surface area (Å²) < 4.78 is 6.03. The summed E-state index contributed by atoms with van der Waals surface area (Å²) in [5, 5.41) is 13.7. The first-order valence-electron chi connectivity index (χ1n) is 4.21. The number of carbonyl (C=O) groups is 1. The summed E-state index contributed by atoms with van der Waals surface area (Å²) in [5.74, 6) is -0.539. The van der Waals surface area contributed by atoms with E-state index in [2.05, 4.69) is 9.84 Å². The molecule has 0 amide bonds. The van der Waals surface area contributed by atoms with Gasteiger partial charge >= 0.3 is 5.97 Å². The number of nitrogens with zero attached hydrogens (tertiary/aromatic N) is 2. The van der Waals surface area contributed by atoms with E-state index in [1.54, 1.807) is 27.1 Å². The highest BCUT2D eigenvalue weighted by atomic mass is 16.5. The highest BCUT2D eigenvalue weighted by Crippen LogP contribution is 2.22. The lowest BCUT2D eigenvalue weighted by Crippen LogP contribution is -2.19. The molecule has 1 aromatic rings. The van der Waals surface area contributed by atoms with Crippen LogP contribution in [-0.4, -0.2) is 28.0 Å². The Kier molecular flexibility index (Phi) is 2.62. The molecule has 0 aliphatic carbocycles. The molecule has 5 nitrogen and oxygen atoms in total. The van der Waals surface area contributed by atoms with Crippen molar-refractivity contribution in [1.82, 2.24) is 9.78 Å². The Morgan fingerprint density at radius 2 is 2.21 bits per heavy atom. The third-order valence-corrected chi connectivity index (χ3v) is 1.87. The van der Waals surface area contributed by atoms with Gasteiger partial charge in [-0.2, -0.15) is 5.10 Å². The molecule has 0 bridgehead atoms. The SMILES string of the molecule is COC(=O)c1nn(C)cc1C(C)(C)O. The molecule has 0 atom stereocenters. The second-order valence-corrected chi connectivity index (χ2v) is 3.62. The Labute approximate surface area is 82.3 Å². The fourth-order valence-corrected chi connectivity index (χ4v) is 1.18. The molecular formula is C9H14N2O3. The van der Waals surface area contributed by atoms with Crippen LogP contribution in [0.2, 0.25) is 0 Å². The van der Waals surface area contributed by atoms with E-state index < -0.39 is 11.6 Å². The fourth-order valence-electron chi connectivity index (χ4n) is 1.18. The Hall–Kier alpha value is -1.36. The maximum Gasteiger partial charge on any atom is 0.358 e. The molecule has 0 radical (unpaired) electrons. The summed E-state index contributed by atoms with van der Waals surface area (Å²) in [6.07, 6.45) is 1.60. The van der Waals surface area contributed by atoms with Gasteiger partial charge in [-0.25, -0.2) is 4.79 Å². The molecule has 1 N–H and O–H groups in total. The predicted molar refractivity (Wildman–Crippen MR) is 49.8 cm³/mol. The Morgan fingerprint density at radius 3 is 2.64 bits per heavy atom. The van der Waals surface area contributed by atoms with E-state index in [9.17, 15) is 9.90 Å². The smallest absolute Gasteiger partial charge is 0.358 e. The minimum absolute atomic E-state index is 0.155. The van der Waals surface area contributed by atoms with Gasteiger partial charge in [0.2, 0.25) is 0 Å². The van der Waals surface area contributed by atoms with Gasteiger partial charge in [0, 0.05) is 18.8 Å². The van der Waals surface area contributed by atoms with Gasteiger partial charge in [-0.1, -0.05) is 0 Å². The van der Waals surface area contributed by atoms with Gasteiger partial charge in [0.15, 0.2) is 5.69 Å². The van der Waals surface area contributed by atoms with Gasteiger partial charge in [0.25, 0.3) is 0 Å².